The lowest BCUT2D eigenvalue weighted by molar-refractivity contribution is 1.39. The van der Waals surface area contributed by atoms with E-state index in [4.69, 9.17) is 0 Å². The van der Waals surface area contributed by atoms with Crippen molar-refractivity contribution in [3.8, 4) is 0 Å². The smallest absolute Gasteiger partial charge is 0.0492 e. The molecule has 0 N–H and O–H groups in total. The van der Waals surface area contributed by atoms with Gasteiger partial charge in [0.2, 0.25) is 0 Å². The molecule has 1 heterocycles. The fourth-order valence-corrected chi connectivity index (χ4v) is 3.10. The summed E-state index contributed by atoms with van der Waals surface area (Å²) in [7, 11) is 0. The summed E-state index contributed by atoms with van der Waals surface area (Å²) in [5.41, 5.74) is 1.35. The maximum atomic E-state index is 2.20. The van der Waals surface area contributed by atoms with Crippen LogP contribution in [0.3, 0.4) is 0 Å². The first-order valence-electron chi connectivity index (χ1n) is 3.98. The molecular weight excluding hydrogens is 184 g/mol. The Balaban J connectivity index is 2.63. The zero-order valence-electron chi connectivity index (χ0n) is 7.97. The van der Waals surface area contributed by atoms with E-state index in [1.165, 1.54) is 19.6 Å². The van der Waals surface area contributed by atoms with Crippen molar-refractivity contribution in [1.29, 1.82) is 0 Å². The van der Waals surface area contributed by atoms with Crippen LogP contribution >= 0.6 is 23.5 Å². The van der Waals surface area contributed by atoms with Gasteiger partial charge >= 0.3 is 0 Å². The molecule has 12 heavy (non-hydrogen) atoms. The largest absolute Gasteiger partial charge is 0.0867 e. The Bertz CT molecular complexity index is 250. The van der Waals surface area contributed by atoms with Gasteiger partial charge in [0.05, 0.1) is 0 Å². The molecule has 0 aromatic heterocycles. The number of allylic oxidation sites excluding steroid dienone is 5. The van der Waals surface area contributed by atoms with Crippen LogP contribution in [0.25, 0.3) is 0 Å². The summed E-state index contributed by atoms with van der Waals surface area (Å²) < 4.78 is 1.39. The van der Waals surface area contributed by atoms with E-state index >= 15 is 0 Å². The van der Waals surface area contributed by atoms with Crippen molar-refractivity contribution in [3.63, 3.8) is 0 Å². The van der Waals surface area contributed by atoms with Crippen LogP contribution in [0.1, 0.15) is 27.7 Å². The lowest BCUT2D eigenvalue weighted by Crippen LogP contribution is -1.62. The molecule has 0 aromatic rings. The van der Waals surface area contributed by atoms with Crippen molar-refractivity contribution >= 4 is 23.5 Å². The molecule has 0 unspecified atom stereocenters. The molecule has 0 spiro atoms. The predicted molar refractivity (Wildman–Crippen MR) is 61.1 cm³/mol. The molecule has 66 valence electrons. The number of hydrogen-bond acceptors (Lipinski definition) is 2. The van der Waals surface area contributed by atoms with E-state index < -0.39 is 0 Å². The van der Waals surface area contributed by atoms with Crippen LogP contribution in [0.2, 0.25) is 0 Å². The topological polar surface area (TPSA) is 0 Å². The van der Waals surface area contributed by atoms with Crippen LogP contribution in [0.15, 0.2) is 31.8 Å². The molecule has 0 bridgehead atoms. The summed E-state index contributed by atoms with van der Waals surface area (Å²) in [4.78, 5) is 2.88. The summed E-state index contributed by atoms with van der Waals surface area (Å²) in [6, 6.07) is 0. The molecular formula is C10H14S2. The fraction of sp³-hybridized carbons (Fsp3) is 0.400. The van der Waals surface area contributed by atoms with Gasteiger partial charge in [0.25, 0.3) is 0 Å². The lowest BCUT2D eigenvalue weighted by atomic mass is 10.3. The third kappa shape index (κ3) is 2.76. The third-order valence-electron chi connectivity index (χ3n) is 1.56. The zero-order chi connectivity index (χ0) is 9.14. The van der Waals surface area contributed by atoms with E-state index in [-0.39, 0.29) is 0 Å². The molecule has 0 amide bonds. The van der Waals surface area contributed by atoms with Crippen LogP contribution in [0.4, 0.5) is 0 Å². The second-order valence-corrected chi connectivity index (χ2v) is 5.82. The van der Waals surface area contributed by atoms with Crippen molar-refractivity contribution in [2.24, 2.45) is 0 Å². The second kappa shape index (κ2) is 4.24. The highest BCUT2D eigenvalue weighted by Gasteiger charge is 2.12. The Hall–Kier alpha value is -0.0800. The highest BCUT2D eigenvalue weighted by molar-refractivity contribution is 8.28. The number of thioether (sulfide) groups is 2. The zero-order valence-corrected chi connectivity index (χ0v) is 9.60. The summed E-state index contributed by atoms with van der Waals surface area (Å²) in [5.74, 6) is 0. The lowest BCUT2D eigenvalue weighted by Gasteiger charge is -1.91. The maximum absolute atomic E-state index is 2.20. The molecule has 1 aliphatic heterocycles. The van der Waals surface area contributed by atoms with Crippen LogP contribution in [-0.4, -0.2) is 0 Å². The van der Waals surface area contributed by atoms with Crippen molar-refractivity contribution < 1.29 is 0 Å². The normalized spacial score (nSPS) is 16.8. The monoisotopic (exact) mass is 198 g/mol. The average Bonchev–Trinajstić information content (AvgIpc) is 2.28. The Labute approximate surface area is 83.2 Å². The second-order valence-electron chi connectivity index (χ2n) is 3.05. The van der Waals surface area contributed by atoms with Crippen molar-refractivity contribution in [3.05, 3.63) is 31.8 Å². The molecule has 1 aliphatic rings. The maximum Gasteiger partial charge on any atom is 0.0492 e. The van der Waals surface area contributed by atoms with E-state index in [2.05, 4.69) is 39.8 Å². The summed E-state index contributed by atoms with van der Waals surface area (Å²) in [5, 5.41) is 0. The minimum atomic E-state index is 1.35. The van der Waals surface area contributed by atoms with Gasteiger partial charge in [0.1, 0.15) is 0 Å². The Kier molecular flexibility index (Phi) is 3.53. The molecule has 0 aliphatic carbocycles. The molecule has 0 fully saturated rings. The Morgan fingerprint density at radius 3 is 2.00 bits per heavy atom. The average molecular weight is 198 g/mol. The van der Waals surface area contributed by atoms with Crippen LogP contribution in [0.5, 0.6) is 0 Å². The predicted octanol–water partition coefficient (Wildman–Crippen LogP) is 4.53. The minimum Gasteiger partial charge on any atom is -0.0867 e. The van der Waals surface area contributed by atoms with Gasteiger partial charge in [-0.2, -0.15) is 0 Å². The molecule has 0 radical (unpaired) electrons. The highest BCUT2D eigenvalue weighted by atomic mass is 32.2. The minimum absolute atomic E-state index is 1.35. The first-order chi connectivity index (χ1) is 5.59. The SMILES string of the molecule is CC(C)=CC=C1SC(C)=C(C)S1. The Morgan fingerprint density at radius 1 is 1.08 bits per heavy atom. The molecule has 0 saturated carbocycles. The van der Waals surface area contributed by atoms with Gasteiger partial charge in [-0.05, 0) is 43.6 Å². The van der Waals surface area contributed by atoms with Gasteiger partial charge in [-0.3, -0.25) is 0 Å². The van der Waals surface area contributed by atoms with Gasteiger partial charge in [0, 0.05) is 4.24 Å². The molecule has 2 heteroatoms. The van der Waals surface area contributed by atoms with Crippen LogP contribution < -0.4 is 0 Å². The van der Waals surface area contributed by atoms with Gasteiger partial charge in [-0.25, -0.2) is 0 Å². The van der Waals surface area contributed by atoms with E-state index in [1.807, 2.05) is 23.5 Å². The molecule has 0 atom stereocenters. The van der Waals surface area contributed by atoms with E-state index in [1.54, 1.807) is 0 Å². The van der Waals surface area contributed by atoms with Crippen LogP contribution in [-0.2, 0) is 0 Å². The molecule has 1 rings (SSSR count). The summed E-state index contributed by atoms with van der Waals surface area (Å²) in [6.45, 7) is 8.59. The first-order valence-corrected chi connectivity index (χ1v) is 5.61. The van der Waals surface area contributed by atoms with E-state index in [0.717, 1.165) is 0 Å². The van der Waals surface area contributed by atoms with Gasteiger partial charge in [0.15, 0.2) is 0 Å². The number of hydrogen-bond donors (Lipinski definition) is 0. The van der Waals surface area contributed by atoms with Crippen molar-refractivity contribution in [2.45, 2.75) is 27.7 Å². The van der Waals surface area contributed by atoms with Gasteiger partial charge < -0.3 is 0 Å². The fourth-order valence-electron chi connectivity index (χ4n) is 0.769. The van der Waals surface area contributed by atoms with E-state index in [9.17, 15) is 0 Å². The van der Waals surface area contributed by atoms with Crippen molar-refractivity contribution in [1.82, 2.24) is 0 Å². The van der Waals surface area contributed by atoms with Crippen LogP contribution in [0, 0.1) is 0 Å². The number of rotatable bonds is 1. The molecule has 0 saturated heterocycles. The standard InChI is InChI=1S/C10H14S2/c1-7(2)5-6-10-11-8(3)9(4)12-10/h5-6H,1-4H3. The first kappa shape index (κ1) is 10.0. The molecule has 0 nitrogen and oxygen atoms in total. The molecule has 0 aromatic carbocycles. The Morgan fingerprint density at radius 2 is 1.58 bits per heavy atom. The van der Waals surface area contributed by atoms with Gasteiger partial charge in [-0.1, -0.05) is 35.2 Å². The highest BCUT2D eigenvalue weighted by Crippen LogP contribution is 2.48. The third-order valence-corrected chi connectivity index (χ3v) is 4.08. The van der Waals surface area contributed by atoms with Gasteiger partial charge in [-0.15, -0.1) is 0 Å². The van der Waals surface area contributed by atoms with Crippen molar-refractivity contribution in [2.75, 3.05) is 0 Å². The summed E-state index contributed by atoms with van der Waals surface area (Å²) in [6.07, 6.45) is 4.37. The van der Waals surface area contributed by atoms with E-state index in [0.29, 0.717) is 0 Å². The summed E-state index contributed by atoms with van der Waals surface area (Å²) >= 11 is 3.75. The quantitative estimate of drug-likeness (QED) is 0.607.